The molecular weight excluding hydrogens is 260 g/mol. The SMILES string of the molecule is CCCN(CC)CCNC(c1ccc(OC)cc1)C1CC1. The van der Waals surface area contributed by atoms with Crippen LogP contribution >= 0.6 is 0 Å². The van der Waals surface area contributed by atoms with Crippen molar-refractivity contribution in [1.29, 1.82) is 0 Å². The summed E-state index contributed by atoms with van der Waals surface area (Å²) < 4.78 is 5.25. The molecule has 0 aromatic heterocycles. The number of nitrogens with zero attached hydrogens (tertiary/aromatic N) is 1. The Balaban J connectivity index is 1.87. The third kappa shape index (κ3) is 5.01. The van der Waals surface area contributed by atoms with E-state index in [0.717, 1.165) is 31.3 Å². The van der Waals surface area contributed by atoms with Crippen molar-refractivity contribution in [2.24, 2.45) is 5.92 Å². The summed E-state index contributed by atoms with van der Waals surface area (Å²) >= 11 is 0. The highest BCUT2D eigenvalue weighted by Crippen LogP contribution is 2.41. The molecule has 1 aromatic rings. The molecule has 3 heteroatoms. The zero-order valence-electron chi connectivity index (χ0n) is 13.8. The van der Waals surface area contributed by atoms with Crippen LogP contribution in [-0.2, 0) is 0 Å². The fourth-order valence-electron chi connectivity index (χ4n) is 2.92. The molecule has 118 valence electrons. The minimum absolute atomic E-state index is 0.510. The molecule has 2 rings (SSSR count). The van der Waals surface area contributed by atoms with Crippen LogP contribution in [0, 0.1) is 5.92 Å². The van der Waals surface area contributed by atoms with Crippen molar-refractivity contribution in [3.05, 3.63) is 29.8 Å². The molecule has 1 aliphatic carbocycles. The Morgan fingerprint density at radius 3 is 2.43 bits per heavy atom. The van der Waals surface area contributed by atoms with E-state index in [1.165, 1.54) is 31.4 Å². The molecule has 1 unspecified atom stereocenters. The van der Waals surface area contributed by atoms with Crippen LogP contribution in [0.2, 0.25) is 0 Å². The van der Waals surface area contributed by atoms with Gasteiger partial charge in [-0.15, -0.1) is 0 Å². The summed E-state index contributed by atoms with van der Waals surface area (Å²) in [6, 6.07) is 9.07. The van der Waals surface area contributed by atoms with Crippen LogP contribution in [0.25, 0.3) is 0 Å². The van der Waals surface area contributed by atoms with E-state index in [0.29, 0.717) is 6.04 Å². The molecule has 0 amide bonds. The molecule has 0 radical (unpaired) electrons. The highest BCUT2D eigenvalue weighted by molar-refractivity contribution is 5.30. The summed E-state index contributed by atoms with van der Waals surface area (Å²) in [6.45, 7) is 9.06. The number of ether oxygens (including phenoxy) is 1. The van der Waals surface area contributed by atoms with Crippen molar-refractivity contribution in [1.82, 2.24) is 10.2 Å². The molecular formula is C18H30N2O. The molecule has 1 saturated carbocycles. The third-order valence-corrected chi connectivity index (χ3v) is 4.35. The first-order valence-electron chi connectivity index (χ1n) is 8.38. The Bertz CT molecular complexity index is 400. The van der Waals surface area contributed by atoms with Gasteiger partial charge in [-0.25, -0.2) is 0 Å². The van der Waals surface area contributed by atoms with Crippen LogP contribution in [0.3, 0.4) is 0 Å². The Morgan fingerprint density at radius 2 is 1.90 bits per heavy atom. The maximum atomic E-state index is 5.25. The van der Waals surface area contributed by atoms with Gasteiger partial charge in [0.15, 0.2) is 0 Å². The van der Waals surface area contributed by atoms with Crippen molar-refractivity contribution in [3.8, 4) is 5.75 Å². The van der Waals surface area contributed by atoms with E-state index in [1.807, 2.05) is 0 Å². The second-order valence-corrected chi connectivity index (χ2v) is 5.98. The molecule has 0 spiro atoms. The molecule has 1 aromatic carbocycles. The third-order valence-electron chi connectivity index (χ3n) is 4.35. The first-order chi connectivity index (χ1) is 10.3. The summed E-state index contributed by atoms with van der Waals surface area (Å²) in [4.78, 5) is 2.52. The van der Waals surface area contributed by atoms with E-state index < -0.39 is 0 Å². The van der Waals surface area contributed by atoms with Crippen molar-refractivity contribution in [3.63, 3.8) is 0 Å². The lowest BCUT2D eigenvalue weighted by molar-refractivity contribution is 0.280. The van der Waals surface area contributed by atoms with Crippen molar-refractivity contribution in [2.45, 2.75) is 39.2 Å². The zero-order valence-corrected chi connectivity index (χ0v) is 13.8. The first-order valence-corrected chi connectivity index (χ1v) is 8.38. The predicted molar refractivity (Wildman–Crippen MR) is 88.9 cm³/mol. The van der Waals surface area contributed by atoms with E-state index >= 15 is 0 Å². The van der Waals surface area contributed by atoms with Crippen molar-refractivity contribution < 1.29 is 4.74 Å². The first kappa shape index (κ1) is 16.3. The summed E-state index contributed by atoms with van der Waals surface area (Å²) in [5.74, 6) is 1.76. The lowest BCUT2D eigenvalue weighted by atomic mass is 10.0. The minimum atomic E-state index is 0.510. The Hall–Kier alpha value is -1.06. The Morgan fingerprint density at radius 1 is 1.19 bits per heavy atom. The van der Waals surface area contributed by atoms with Gasteiger partial charge in [0.05, 0.1) is 7.11 Å². The molecule has 0 heterocycles. The largest absolute Gasteiger partial charge is 0.497 e. The average Bonchev–Trinajstić information content (AvgIpc) is 3.35. The normalized spacial score (nSPS) is 16.2. The number of benzene rings is 1. The van der Waals surface area contributed by atoms with Gasteiger partial charge in [0.2, 0.25) is 0 Å². The summed E-state index contributed by atoms with van der Waals surface area (Å²) in [6.07, 6.45) is 3.95. The maximum Gasteiger partial charge on any atom is 0.118 e. The highest BCUT2D eigenvalue weighted by atomic mass is 16.5. The molecule has 1 fully saturated rings. The van der Waals surface area contributed by atoms with Gasteiger partial charge >= 0.3 is 0 Å². The number of rotatable bonds is 10. The summed E-state index contributed by atoms with van der Waals surface area (Å²) in [7, 11) is 1.72. The summed E-state index contributed by atoms with van der Waals surface area (Å²) in [5.41, 5.74) is 1.40. The fourth-order valence-corrected chi connectivity index (χ4v) is 2.92. The monoisotopic (exact) mass is 290 g/mol. The van der Waals surface area contributed by atoms with Crippen LogP contribution in [0.1, 0.15) is 44.7 Å². The second kappa shape index (κ2) is 8.40. The van der Waals surface area contributed by atoms with Gasteiger partial charge in [0, 0.05) is 19.1 Å². The number of methoxy groups -OCH3 is 1. The van der Waals surface area contributed by atoms with Gasteiger partial charge in [-0.1, -0.05) is 26.0 Å². The lowest BCUT2D eigenvalue weighted by Gasteiger charge is -2.23. The predicted octanol–water partition coefficient (Wildman–Crippen LogP) is 3.47. The van der Waals surface area contributed by atoms with Gasteiger partial charge in [0.25, 0.3) is 0 Å². The smallest absolute Gasteiger partial charge is 0.118 e. The Labute approximate surface area is 129 Å². The molecule has 1 atom stereocenters. The molecule has 3 nitrogen and oxygen atoms in total. The number of hydrogen-bond acceptors (Lipinski definition) is 3. The van der Waals surface area contributed by atoms with Crippen LogP contribution in [0.15, 0.2) is 24.3 Å². The molecule has 21 heavy (non-hydrogen) atoms. The summed E-state index contributed by atoms with van der Waals surface area (Å²) in [5, 5.41) is 3.78. The standard InChI is InChI=1S/C18H30N2O/c1-4-13-20(5-2)14-12-19-18(15-6-7-15)16-8-10-17(21-3)11-9-16/h8-11,15,18-19H,4-7,12-14H2,1-3H3. The van der Waals surface area contributed by atoms with E-state index in [1.54, 1.807) is 7.11 Å². The van der Waals surface area contributed by atoms with Gasteiger partial charge < -0.3 is 15.0 Å². The zero-order chi connectivity index (χ0) is 15.1. The number of hydrogen-bond donors (Lipinski definition) is 1. The fraction of sp³-hybridized carbons (Fsp3) is 0.667. The van der Waals surface area contributed by atoms with Crippen LogP contribution in [0.4, 0.5) is 0 Å². The topological polar surface area (TPSA) is 24.5 Å². The molecule has 1 N–H and O–H groups in total. The lowest BCUT2D eigenvalue weighted by Crippen LogP contribution is -2.34. The molecule has 0 aliphatic heterocycles. The van der Waals surface area contributed by atoms with E-state index in [2.05, 4.69) is 48.3 Å². The van der Waals surface area contributed by atoms with Crippen molar-refractivity contribution >= 4 is 0 Å². The van der Waals surface area contributed by atoms with Gasteiger partial charge in [0.1, 0.15) is 5.75 Å². The van der Waals surface area contributed by atoms with Crippen LogP contribution in [0.5, 0.6) is 5.75 Å². The van der Waals surface area contributed by atoms with Crippen LogP contribution in [-0.4, -0.2) is 38.2 Å². The number of likely N-dealkylation sites (N-methyl/N-ethyl adjacent to an activating group) is 1. The number of nitrogens with one attached hydrogen (secondary N) is 1. The average molecular weight is 290 g/mol. The van der Waals surface area contributed by atoms with E-state index in [9.17, 15) is 0 Å². The molecule has 1 aliphatic rings. The second-order valence-electron chi connectivity index (χ2n) is 5.98. The van der Waals surface area contributed by atoms with Crippen LogP contribution < -0.4 is 10.1 Å². The van der Waals surface area contributed by atoms with E-state index in [-0.39, 0.29) is 0 Å². The quantitative estimate of drug-likeness (QED) is 0.714. The van der Waals surface area contributed by atoms with Gasteiger partial charge in [-0.2, -0.15) is 0 Å². The molecule has 0 saturated heterocycles. The maximum absolute atomic E-state index is 5.25. The highest BCUT2D eigenvalue weighted by Gasteiger charge is 2.31. The molecule has 0 bridgehead atoms. The van der Waals surface area contributed by atoms with Crippen molar-refractivity contribution in [2.75, 3.05) is 33.3 Å². The van der Waals surface area contributed by atoms with Gasteiger partial charge in [-0.05, 0) is 56.0 Å². The van der Waals surface area contributed by atoms with E-state index in [4.69, 9.17) is 4.74 Å². The Kier molecular flexibility index (Phi) is 6.52. The minimum Gasteiger partial charge on any atom is -0.497 e. The van der Waals surface area contributed by atoms with Gasteiger partial charge in [-0.3, -0.25) is 0 Å².